The molecular weight excluding hydrogens is 916 g/mol. The second kappa shape index (κ2) is 21.4. The first kappa shape index (κ1) is 50.7. The van der Waals surface area contributed by atoms with Crippen molar-refractivity contribution in [2.75, 3.05) is 32.0 Å². The number of aliphatic hydroxyl groups is 1. The SMILES string of the molecule is NCCCCCC(=O)NCCCCCCOP(=O)(O)OP(=O)(O)OP(=O)(O)OP(=O)(O)OP(=O)(O)OP(=O)(O)OCC1OC(n2cnc3c(=O)[nH]c(N)nc32)CC1O. The Kier molecular flexibility index (Phi) is 18.7. The van der Waals surface area contributed by atoms with Crippen LogP contribution in [0.2, 0.25) is 0 Å². The lowest BCUT2D eigenvalue weighted by molar-refractivity contribution is -0.121. The van der Waals surface area contributed by atoms with Crippen LogP contribution < -0.4 is 22.3 Å². The van der Waals surface area contributed by atoms with Gasteiger partial charge >= 0.3 is 46.9 Å². The minimum Gasteiger partial charge on any atom is -0.390 e. The van der Waals surface area contributed by atoms with E-state index in [9.17, 15) is 71.4 Å². The number of aliphatic hydroxyl groups excluding tert-OH is 1. The van der Waals surface area contributed by atoms with Gasteiger partial charge in [-0.3, -0.25) is 28.2 Å². The van der Waals surface area contributed by atoms with Crippen molar-refractivity contribution >= 4 is 70.0 Å². The number of fused-ring (bicyclic) bond motifs is 1. The normalized spacial score (nSPS) is 23.6. The number of aromatic amines is 1. The summed E-state index contributed by atoms with van der Waals surface area (Å²) in [6.07, 6.45) is 1.14. The van der Waals surface area contributed by atoms with E-state index in [4.69, 9.17) is 16.2 Å². The molecule has 0 saturated carbocycles. The molecule has 0 aromatic carbocycles. The molecule has 30 nitrogen and oxygen atoms in total. The van der Waals surface area contributed by atoms with E-state index in [-0.39, 0.29) is 35.9 Å². The van der Waals surface area contributed by atoms with Crippen LogP contribution in [0.1, 0.15) is 64.0 Å². The lowest BCUT2D eigenvalue weighted by Crippen LogP contribution is -2.26. The third-order valence-corrected chi connectivity index (χ3v) is 16.4. The highest BCUT2D eigenvalue weighted by Crippen LogP contribution is 2.75. The smallest absolute Gasteiger partial charge is 0.390 e. The quantitative estimate of drug-likeness (QED) is 0.0443. The molecule has 9 unspecified atom stereocenters. The lowest BCUT2D eigenvalue weighted by Gasteiger charge is -2.21. The average molecular weight is 959 g/mol. The van der Waals surface area contributed by atoms with Crippen LogP contribution in [0.15, 0.2) is 11.1 Å². The van der Waals surface area contributed by atoms with Gasteiger partial charge in [0, 0.05) is 19.4 Å². The maximum Gasteiger partial charge on any atom is 0.490 e. The molecule has 1 saturated heterocycles. The molecule has 58 heavy (non-hydrogen) atoms. The summed E-state index contributed by atoms with van der Waals surface area (Å²) in [5.74, 6) is -0.401. The van der Waals surface area contributed by atoms with Gasteiger partial charge in [-0.1, -0.05) is 19.3 Å². The monoisotopic (exact) mass is 959 g/mol. The number of nitrogens with two attached hydrogens (primary N) is 2. The summed E-state index contributed by atoms with van der Waals surface area (Å²) >= 11 is 0. The van der Waals surface area contributed by atoms with Crippen molar-refractivity contribution in [1.29, 1.82) is 0 Å². The van der Waals surface area contributed by atoms with E-state index in [0.29, 0.717) is 45.2 Å². The Morgan fingerprint density at radius 1 is 0.828 bits per heavy atom. The summed E-state index contributed by atoms with van der Waals surface area (Å²) in [5, 5.41) is 13.1. The first-order chi connectivity index (χ1) is 26.7. The maximum atomic E-state index is 12.3. The molecule has 0 aliphatic carbocycles. The molecule has 36 heteroatoms. The Hall–Kier alpha value is -1.64. The summed E-state index contributed by atoms with van der Waals surface area (Å²) in [6.45, 7) is -0.701. The van der Waals surface area contributed by atoms with Crippen LogP contribution in [0, 0.1) is 0 Å². The number of hydrogen-bond acceptors (Lipinski definition) is 21. The molecule has 2 aromatic heterocycles. The molecule has 1 aliphatic rings. The van der Waals surface area contributed by atoms with Crippen LogP contribution in [0.25, 0.3) is 11.2 Å². The summed E-state index contributed by atoms with van der Waals surface area (Å²) in [5.41, 5.74) is 10.0. The fourth-order valence-electron chi connectivity index (χ4n) is 4.80. The van der Waals surface area contributed by atoms with Crippen LogP contribution in [0.5, 0.6) is 0 Å². The largest absolute Gasteiger partial charge is 0.490 e. The van der Waals surface area contributed by atoms with Gasteiger partial charge in [0.1, 0.15) is 12.3 Å². The second-order valence-electron chi connectivity index (χ2n) is 11.9. The van der Waals surface area contributed by atoms with Gasteiger partial charge in [-0.05, 0) is 32.2 Å². The fraction of sp³-hybridized carbons (Fsp3) is 0.727. The van der Waals surface area contributed by atoms with E-state index in [0.717, 1.165) is 19.2 Å². The third kappa shape index (κ3) is 17.8. The van der Waals surface area contributed by atoms with Gasteiger partial charge in [0.15, 0.2) is 11.2 Å². The van der Waals surface area contributed by atoms with E-state index < -0.39 is 84.1 Å². The molecule has 0 radical (unpaired) electrons. The minimum atomic E-state index is -6.47. The molecule has 3 rings (SSSR count). The summed E-state index contributed by atoms with van der Waals surface area (Å²) in [7, 11) is -36.8. The van der Waals surface area contributed by atoms with Gasteiger partial charge in [-0.15, -0.1) is 0 Å². The third-order valence-electron chi connectivity index (χ3n) is 7.15. The zero-order chi connectivity index (χ0) is 43.6. The van der Waals surface area contributed by atoms with Crippen molar-refractivity contribution in [3.05, 3.63) is 16.7 Å². The van der Waals surface area contributed by atoms with E-state index in [1.165, 1.54) is 4.57 Å². The Morgan fingerprint density at radius 2 is 1.36 bits per heavy atom. The zero-order valence-electron chi connectivity index (χ0n) is 29.8. The number of aromatic nitrogens is 4. The predicted octanol–water partition coefficient (Wildman–Crippen LogP) is 1.26. The number of phosphoric acid groups is 6. The summed E-state index contributed by atoms with van der Waals surface area (Å²) in [6, 6.07) is 0. The van der Waals surface area contributed by atoms with Crippen molar-refractivity contribution < 1.29 is 102 Å². The van der Waals surface area contributed by atoms with E-state index in [2.05, 4.69) is 50.9 Å². The van der Waals surface area contributed by atoms with E-state index in [1.54, 1.807) is 0 Å². The highest BCUT2D eigenvalue weighted by Gasteiger charge is 2.50. The topological polar surface area (TPSA) is 463 Å². The number of amides is 1. The number of hydrogen-bond donors (Lipinski definition) is 11. The number of imidazole rings is 1. The number of unbranched alkanes of at least 4 members (excludes halogenated alkanes) is 5. The molecule has 0 bridgehead atoms. The molecule has 13 N–H and O–H groups in total. The van der Waals surface area contributed by atoms with Crippen molar-refractivity contribution in [2.24, 2.45) is 5.73 Å². The Labute approximate surface area is 327 Å². The van der Waals surface area contributed by atoms with Crippen LogP contribution in [-0.4, -0.2) is 98.4 Å². The predicted molar refractivity (Wildman–Crippen MR) is 192 cm³/mol. The number of nitrogen functional groups attached to an aromatic ring is 1. The Balaban J connectivity index is 1.42. The number of ether oxygens (including phenoxy) is 1. The van der Waals surface area contributed by atoms with Crippen molar-refractivity contribution in [2.45, 2.75) is 76.2 Å². The number of rotatable bonds is 27. The molecule has 334 valence electrons. The van der Waals surface area contributed by atoms with Gasteiger partial charge in [0.05, 0.1) is 25.6 Å². The number of carbonyl (C=O) groups excluding carboxylic acids is 1. The highest BCUT2D eigenvalue weighted by molar-refractivity contribution is 7.72. The minimum absolute atomic E-state index is 0.0567. The number of carbonyl (C=O) groups is 1. The standard InChI is InChI=1S/C22H43N7O23P6/c23-9-5-3-4-8-17(31)25-10-6-1-2-7-11-45-53(33,34)48-55(37,38)50-57(41,42)52-58(43,44)51-56(39,40)49-54(35,36)46-13-16-15(30)12-18(47-16)29-14-26-19-20(29)27-22(24)28-21(19)32/h14-16,18,30H,1-13,23H2,(H,25,31)(H,33,34)(H,35,36)(H,37,38)(H,39,40)(H,41,42)(H,43,44)(H3,24,27,28,32). The molecule has 9 atom stereocenters. The van der Waals surface area contributed by atoms with Crippen LogP contribution in [0.3, 0.4) is 0 Å². The molecular formula is C22H43N7O23P6. The number of anilines is 1. The summed E-state index contributed by atoms with van der Waals surface area (Å²) < 4.78 is 107. The first-order valence-corrected chi connectivity index (χ1v) is 25.6. The van der Waals surface area contributed by atoms with Gasteiger partial charge < -0.3 is 56.0 Å². The van der Waals surface area contributed by atoms with Crippen molar-refractivity contribution in [1.82, 2.24) is 24.8 Å². The van der Waals surface area contributed by atoms with Crippen LogP contribution in [0.4, 0.5) is 5.95 Å². The molecule has 1 fully saturated rings. The average Bonchev–Trinajstić information content (AvgIpc) is 3.63. The van der Waals surface area contributed by atoms with Gasteiger partial charge in [-0.25, -0.2) is 32.4 Å². The fourth-order valence-corrected chi connectivity index (χ4v) is 12.6. The molecule has 1 aliphatic heterocycles. The van der Waals surface area contributed by atoms with Crippen LogP contribution >= 0.6 is 46.9 Å². The van der Waals surface area contributed by atoms with E-state index in [1.807, 2.05) is 0 Å². The molecule has 0 spiro atoms. The molecule has 2 aromatic rings. The Bertz CT molecular complexity index is 2070. The van der Waals surface area contributed by atoms with E-state index >= 15 is 0 Å². The molecule has 3 heterocycles. The van der Waals surface area contributed by atoms with Crippen molar-refractivity contribution in [3.63, 3.8) is 0 Å². The number of nitrogens with zero attached hydrogens (tertiary/aromatic N) is 3. The van der Waals surface area contributed by atoms with Gasteiger partial charge in [0.25, 0.3) is 5.56 Å². The Morgan fingerprint density at radius 3 is 1.95 bits per heavy atom. The van der Waals surface area contributed by atoms with Gasteiger partial charge in [-0.2, -0.15) is 26.5 Å². The number of phosphoric ester groups is 2. The van der Waals surface area contributed by atoms with Crippen LogP contribution in [-0.2, 0) is 67.5 Å². The second-order valence-corrected chi connectivity index (χ2v) is 21.3. The number of nitrogens with one attached hydrogen (secondary N) is 2. The maximum absolute atomic E-state index is 12.3. The first-order valence-electron chi connectivity index (χ1n) is 16.6. The van der Waals surface area contributed by atoms with Gasteiger partial charge in [0.2, 0.25) is 11.9 Å². The highest BCUT2D eigenvalue weighted by atomic mass is 31.3. The summed E-state index contributed by atoms with van der Waals surface area (Å²) in [4.78, 5) is 92.1. The van der Waals surface area contributed by atoms with Crippen molar-refractivity contribution in [3.8, 4) is 0 Å². The number of H-pyrrole nitrogens is 1. The lowest BCUT2D eigenvalue weighted by atomic mass is 10.2. The zero-order valence-corrected chi connectivity index (χ0v) is 35.2. The molecule has 1 amide bonds.